The van der Waals surface area contributed by atoms with Gasteiger partial charge >= 0.3 is 0 Å². The maximum absolute atomic E-state index is 9.56. The van der Waals surface area contributed by atoms with Crippen LogP contribution in [0, 0.1) is 0 Å². The van der Waals surface area contributed by atoms with Crippen molar-refractivity contribution in [3.8, 4) is 11.5 Å². The molecular weight excluding hydrogens is 242 g/mol. The van der Waals surface area contributed by atoms with Crippen molar-refractivity contribution in [2.45, 2.75) is 39.5 Å². The quantitative estimate of drug-likeness (QED) is 0.823. The second kappa shape index (κ2) is 7.36. The van der Waals surface area contributed by atoms with Gasteiger partial charge in [-0.2, -0.15) is 0 Å². The number of benzene rings is 1. The van der Waals surface area contributed by atoms with Crippen LogP contribution in [0.3, 0.4) is 0 Å². The monoisotopic (exact) mass is 267 g/mol. The van der Waals surface area contributed by atoms with Crippen molar-refractivity contribution < 1.29 is 14.6 Å². The third kappa shape index (κ3) is 5.09. The summed E-state index contributed by atoms with van der Waals surface area (Å²) in [6.45, 7) is 7.47. The van der Waals surface area contributed by atoms with E-state index in [1.165, 1.54) is 0 Å². The minimum Gasteiger partial charge on any atom is -0.497 e. The predicted octanol–water partition coefficient (Wildman–Crippen LogP) is 2.29. The first-order valence-electron chi connectivity index (χ1n) is 6.60. The van der Waals surface area contributed by atoms with E-state index in [2.05, 4.69) is 18.7 Å². The molecule has 1 aromatic rings. The minimum absolute atomic E-state index is 0.338. The van der Waals surface area contributed by atoms with Gasteiger partial charge in [0.05, 0.1) is 20.3 Å². The molecule has 0 saturated carbocycles. The summed E-state index contributed by atoms with van der Waals surface area (Å²) in [5.74, 6) is 1.57. The average molecular weight is 267 g/mol. The average Bonchev–Trinajstić information content (AvgIpc) is 2.36. The van der Waals surface area contributed by atoms with Crippen molar-refractivity contribution in [3.63, 3.8) is 0 Å². The Kier molecular flexibility index (Phi) is 6.12. The molecule has 0 saturated heterocycles. The Balaban J connectivity index is 2.88. The maximum Gasteiger partial charge on any atom is 0.122 e. The standard InChI is InChI=1S/C15H25NO3/c1-11(2)16(9-12(3)17)10-13-6-14(18-4)8-15(7-13)19-5/h6-8,11-12,17H,9-10H2,1-5H3/t12-/m0/s1. The third-order valence-electron chi connectivity index (χ3n) is 3.03. The van der Waals surface area contributed by atoms with Gasteiger partial charge < -0.3 is 14.6 Å². The van der Waals surface area contributed by atoms with Crippen molar-refractivity contribution in [1.29, 1.82) is 0 Å². The molecule has 4 heteroatoms. The fourth-order valence-electron chi connectivity index (χ4n) is 1.99. The molecule has 0 aliphatic rings. The summed E-state index contributed by atoms with van der Waals surface area (Å²) in [6.07, 6.45) is -0.338. The number of aliphatic hydroxyl groups excluding tert-OH is 1. The number of methoxy groups -OCH3 is 2. The summed E-state index contributed by atoms with van der Waals surface area (Å²) in [5, 5.41) is 9.56. The zero-order valence-corrected chi connectivity index (χ0v) is 12.5. The lowest BCUT2D eigenvalue weighted by atomic mass is 10.1. The summed E-state index contributed by atoms with van der Waals surface area (Å²) in [6, 6.07) is 6.23. The Morgan fingerprint density at radius 3 is 1.95 bits per heavy atom. The van der Waals surface area contributed by atoms with Gasteiger partial charge in [-0.15, -0.1) is 0 Å². The van der Waals surface area contributed by atoms with E-state index in [4.69, 9.17) is 9.47 Å². The Morgan fingerprint density at radius 2 is 1.58 bits per heavy atom. The van der Waals surface area contributed by atoms with Crippen LogP contribution in [0.25, 0.3) is 0 Å². The second-order valence-electron chi connectivity index (χ2n) is 5.09. The van der Waals surface area contributed by atoms with E-state index in [9.17, 15) is 5.11 Å². The smallest absolute Gasteiger partial charge is 0.122 e. The van der Waals surface area contributed by atoms with Gasteiger partial charge in [0.2, 0.25) is 0 Å². The van der Waals surface area contributed by atoms with Gasteiger partial charge in [0.25, 0.3) is 0 Å². The molecule has 1 N–H and O–H groups in total. The summed E-state index contributed by atoms with van der Waals surface area (Å²) < 4.78 is 10.5. The van der Waals surface area contributed by atoms with Crippen LogP contribution in [-0.2, 0) is 6.54 Å². The Bertz CT molecular complexity index is 369. The van der Waals surface area contributed by atoms with Crippen LogP contribution in [0.15, 0.2) is 18.2 Å². The molecule has 0 aromatic heterocycles. The largest absolute Gasteiger partial charge is 0.497 e. The molecular formula is C15H25NO3. The topological polar surface area (TPSA) is 41.9 Å². The summed E-state index contributed by atoms with van der Waals surface area (Å²) in [7, 11) is 3.29. The molecule has 0 amide bonds. The fourth-order valence-corrected chi connectivity index (χ4v) is 1.99. The molecule has 4 nitrogen and oxygen atoms in total. The molecule has 0 radical (unpaired) electrons. The number of hydrogen-bond acceptors (Lipinski definition) is 4. The molecule has 0 unspecified atom stereocenters. The number of rotatable bonds is 7. The van der Waals surface area contributed by atoms with Crippen LogP contribution in [-0.4, -0.2) is 42.9 Å². The summed E-state index contributed by atoms with van der Waals surface area (Å²) in [4.78, 5) is 2.22. The lowest BCUT2D eigenvalue weighted by Crippen LogP contribution is -2.36. The molecule has 1 atom stereocenters. The Labute approximate surface area is 115 Å². The first-order valence-corrected chi connectivity index (χ1v) is 6.60. The van der Waals surface area contributed by atoms with Crippen molar-refractivity contribution in [2.24, 2.45) is 0 Å². The predicted molar refractivity (Wildman–Crippen MR) is 76.8 cm³/mol. The minimum atomic E-state index is -0.338. The van der Waals surface area contributed by atoms with Crippen LogP contribution < -0.4 is 9.47 Å². The molecule has 0 bridgehead atoms. The highest BCUT2D eigenvalue weighted by Gasteiger charge is 2.13. The molecule has 19 heavy (non-hydrogen) atoms. The van der Waals surface area contributed by atoms with Gasteiger partial charge in [0, 0.05) is 25.2 Å². The van der Waals surface area contributed by atoms with Gasteiger partial charge in [0.1, 0.15) is 11.5 Å². The Morgan fingerprint density at radius 1 is 1.05 bits per heavy atom. The lowest BCUT2D eigenvalue weighted by Gasteiger charge is -2.28. The summed E-state index contributed by atoms with van der Waals surface area (Å²) in [5.41, 5.74) is 1.12. The van der Waals surface area contributed by atoms with E-state index in [1.807, 2.05) is 25.1 Å². The fraction of sp³-hybridized carbons (Fsp3) is 0.600. The molecule has 0 fully saturated rings. The zero-order chi connectivity index (χ0) is 14.4. The molecule has 1 rings (SSSR count). The number of aliphatic hydroxyl groups is 1. The zero-order valence-electron chi connectivity index (χ0n) is 12.5. The van der Waals surface area contributed by atoms with Gasteiger partial charge in [-0.3, -0.25) is 4.90 Å². The van der Waals surface area contributed by atoms with Gasteiger partial charge in [-0.25, -0.2) is 0 Å². The summed E-state index contributed by atoms with van der Waals surface area (Å²) >= 11 is 0. The van der Waals surface area contributed by atoms with Crippen LogP contribution in [0.5, 0.6) is 11.5 Å². The first-order chi connectivity index (χ1) is 8.96. The maximum atomic E-state index is 9.56. The van der Waals surface area contributed by atoms with Crippen molar-refractivity contribution in [2.75, 3.05) is 20.8 Å². The van der Waals surface area contributed by atoms with Crippen molar-refractivity contribution in [1.82, 2.24) is 4.90 Å². The highest BCUT2D eigenvalue weighted by molar-refractivity contribution is 5.38. The molecule has 0 spiro atoms. The van der Waals surface area contributed by atoms with E-state index in [0.717, 1.165) is 23.6 Å². The highest BCUT2D eigenvalue weighted by Crippen LogP contribution is 2.23. The normalized spacial score (nSPS) is 12.8. The molecule has 108 valence electrons. The van der Waals surface area contributed by atoms with Crippen LogP contribution in [0.2, 0.25) is 0 Å². The van der Waals surface area contributed by atoms with Crippen molar-refractivity contribution in [3.05, 3.63) is 23.8 Å². The van der Waals surface area contributed by atoms with E-state index in [-0.39, 0.29) is 6.10 Å². The van der Waals surface area contributed by atoms with E-state index < -0.39 is 0 Å². The van der Waals surface area contributed by atoms with E-state index in [1.54, 1.807) is 14.2 Å². The lowest BCUT2D eigenvalue weighted by molar-refractivity contribution is 0.103. The third-order valence-corrected chi connectivity index (χ3v) is 3.03. The second-order valence-corrected chi connectivity index (χ2v) is 5.09. The van der Waals surface area contributed by atoms with Crippen LogP contribution in [0.1, 0.15) is 26.3 Å². The highest BCUT2D eigenvalue weighted by atomic mass is 16.5. The van der Waals surface area contributed by atoms with E-state index >= 15 is 0 Å². The number of nitrogens with zero attached hydrogens (tertiary/aromatic N) is 1. The Hall–Kier alpha value is -1.26. The van der Waals surface area contributed by atoms with Crippen LogP contribution in [0.4, 0.5) is 0 Å². The number of hydrogen-bond donors (Lipinski definition) is 1. The molecule has 0 heterocycles. The van der Waals surface area contributed by atoms with Crippen molar-refractivity contribution >= 4 is 0 Å². The molecule has 0 aliphatic carbocycles. The molecule has 0 aliphatic heterocycles. The van der Waals surface area contributed by atoms with Gasteiger partial charge in [0.15, 0.2) is 0 Å². The first kappa shape index (κ1) is 15.8. The van der Waals surface area contributed by atoms with Crippen LogP contribution >= 0.6 is 0 Å². The van der Waals surface area contributed by atoms with Gasteiger partial charge in [-0.1, -0.05) is 0 Å². The van der Waals surface area contributed by atoms with E-state index in [0.29, 0.717) is 12.6 Å². The SMILES string of the molecule is COc1cc(CN(C[C@H](C)O)C(C)C)cc(OC)c1. The molecule has 1 aromatic carbocycles. The van der Waals surface area contributed by atoms with Gasteiger partial charge in [-0.05, 0) is 38.5 Å². The number of ether oxygens (including phenoxy) is 2.